The summed E-state index contributed by atoms with van der Waals surface area (Å²) in [5.41, 5.74) is 11.6. The molecular formula is C18H23N. The molecule has 19 heavy (non-hydrogen) atoms. The molecule has 1 atom stereocenters. The predicted molar refractivity (Wildman–Crippen MR) is 82.2 cm³/mol. The minimum atomic E-state index is 0.0829. The van der Waals surface area contributed by atoms with Crippen LogP contribution in [0.5, 0.6) is 0 Å². The monoisotopic (exact) mass is 253 g/mol. The molecule has 0 aliphatic carbocycles. The average molecular weight is 253 g/mol. The SMILES string of the molecule is CCCc1cccc(C(N)Cc2ccc(C)cc2)c1. The van der Waals surface area contributed by atoms with E-state index in [2.05, 4.69) is 62.4 Å². The Morgan fingerprint density at radius 3 is 2.42 bits per heavy atom. The van der Waals surface area contributed by atoms with Gasteiger partial charge in [-0.25, -0.2) is 0 Å². The summed E-state index contributed by atoms with van der Waals surface area (Å²) in [6, 6.07) is 17.4. The Morgan fingerprint density at radius 1 is 1.00 bits per heavy atom. The average Bonchev–Trinajstić information content (AvgIpc) is 2.42. The fourth-order valence-electron chi connectivity index (χ4n) is 2.36. The molecule has 0 spiro atoms. The van der Waals surface area contributed by atoms with Crippen molar-refractivity contribution in [2.75, 3.05) is 0 Å². The van der Waals surface area contributed by atoms with E-state index in [1.807, 2.05) is 0 Å². The van der Waals surface area contributed by atoms with Crippen molar-refractivity contribution >= 4 is 0 Å². The summed E-state index contributed by atoms with van der Waals surface area (Å²) in [6.07, 6.45) is 3.21. The van der Waals surface area contributed by atoms with E-state index >= 15 is 0 Å². The molecule has 0 radical (unpaired) electrons. The maximum atomic E-state index is 6.33. The molecule has 2 aromatic rings. The molecule has 2 rings (SSSR count). The number of hydrogen-bond acceptors (Lipinski definition) is 1. The predicted octanol–water partition coefficient (Wildman–Crippen LogP) is 4.19. The Balaban J connectivity index is 2.08. The lowest BCUT2D eigenvalue weighted by atomic mass is 9.97. The largest absolute Gasteiger partial charge is 0.324 e. The van der Waals surface area contributed by atoms with Crippen LogP contribution in [0.2, 0.25) is 0 Å². The molecule has 2 N–H and O–H groups in total. The number of aryl methyl sites for hydroxylation is 2. The molecule has 1 unspecified atom stereocenters. The number of benzene rings is 2. The van der Waals surface area contributed by atoms with E-state index in [4.69, 9.17) is 5.73 Å². The molecule has 0 bridgehead atoms. The Bertz CT molecular complexity index is 513. The second-order valence-corrected chi connectivity index (χ2v) is 5.29. The molecule has 0 aliphatic heterocycles. The minimum Gasteiger partial charge on any atom is -0.324 e. The van der Waals surface area contributed by atoms with Crippen molar-refractivity contribution in [3.63, 3.8) is 0 Å². The lowest BCUT2D eigenvalue weighted by Crippen LogP contribution is -2.13. The van der Waals surface area contributed by atoms with Crippen LogP contribution in [0.3, 0.4) is 0 Å². The molecule has 0 saturated carbocycles. The third-order valence-electron chi connectivity index (χ3n) is 3.49. The quantitative estimate of drug-likeness (QED) is 0.849. The molecule has 0 saturated heterocycles. The van der Waals surface area contributed by atoms with Crippen LogP contribution in [0.25, 0.3) is 0 Å². The molecule has 100 valence electrons. The maximum absolute atomic E-state index is 6.33. The first-order chi connectivity index (χ1) is 9.19. The molecule has 0 aromatic heterocycles. The van der Waals surface area contributed by atoms with Gasteiger partial charge in [0.05, 0.1) is 0 Å². The fraction of sp³-hybridized carbons (Fsp3) is 0.333. The summed E-state index contributed by atoms with van der Waals surface area (Å²) in [5.74, 6) is 0. The second kappa shape index (κ2) is 6.53. The van der Waals surface area contributed by atoms with Gasteiger partial charge in [0.15, 0.2) is 0 Å². The Kier molecular flexibility index (Phi) is 4.75. The highest BCUT2D eigenvalue weighted by molar-refractivity contribution is 5.29. The van der Waals surface area contributed by atoms with Crippen LogP contribution in [-0.2, 0) is 12.8 Å². The van der Waals surface area contributed by atoms with Crippen LogP contribution >= 0.6 is 0 Å². The van der Waals surface area contributed by atoms with Gasteiger partial charge < -0.3 is 5.73 Å². The van der Waals surface area contributed by atoms with Crippen molar-refractivity contribution in [1.82, 2.24) is 0 Å². The molecular weight excluding hydrogens is 230 g/mol. The van der Waals surface area contributed by atoms with Crippen LogP contribution in [0.15, 0.2) is 48.5 Å². The van der Waals surface area contributed by atoms with Gasteiger partial charge in [0.25, 0.3) is 0 Å². The first-order valence-corrected chi connectivity index (χ1v) is 7.09. The molecule has 0 fully saturated rings. The van der Waals surface area contributed by atoms with Gasteiger partial charge in [0.1, 0.15) is 0 Å². The smallest absolute Gasteiger partial charge is 0.0335 e. The van der Waals surface area contributed by atoms with Crippen molar-refractivity contribution in [2.24, 2.45) is 5.73 Å². The van der Waals surface area contributed by atoms with E-state index in [9.17, 15) is 0 Å². The minimum absolute atomic E-state index is 0.0829. The van der Waals surface area contributed by atoms with E-state index in [0.29, 0.717) is 0 Å². The van der Waals surface area contributed by atoms with Crippen LogP contribution in [0.4, 0.5) is 0 Å². The van der Waals surface area contributed by atoms with Crippen molar-refractivity contribution in [3.05, 3.63) is 70.8 Å². The highest BCUT2D eigenvalue weighted by Crippen LogP contribution is 2.18. The lowest BCUT2D eigenvalue weighted by molar-refractivity contribution is 0.719. The Hall–Kier alpha value is -1.60. The zero-order chi connectivity index (χ0) is 13.7. The molecule has 1 heteroatoms. The van der Waals surface area contributed by atoms with Crippen LogP contribution < -0.4 is 5.73 Å². The van der Waals surface area contributed by atoms with E-state index in [0.717, 1.165) is 12.8 Å². The summed E-state index contributed by atoms with van der Waals surface area (Å²) >= 11 is 0. The fourth-order valence-corrected chi connectivity index (χ4v) is 2.36. The summed E-state index contributed by atoms with van der Waals surface area (Å²) in [7, 11) is 0. The van der Waals surface area contributed by atoms with Gasteiger partial charge in [-0.15, -0.1) is 0 Å². The Morgan fingerprint density at radius 2 is 1.74 bits per heavy atom. The normalized spacial score (nSPS) is 12.4. The van der Waals surface area contributed by atoms with Gasteiger partial charge in [0.2, 0.25) is 0 Å². The summed E-state index contributed by atoms with van der Waals surface area (Å²) < 4.78 is 0. The third kappa shape index (κ3) is 3.93. The van der Waals surface area contributed by atoms with Crippen molar-refractivity contribution in [1.29, 1.82) is 0 Å². The molecule has 0 aliphatic rings. The van der Waals surface area contributed by atoms with Crippen molar-refractivity contribution < 1.29 is 0 Å². The summed E-state index contributed by atoms with van der Waals surface area (Å²) in [4.78, 5) is 0. The number of rotatable bonds is 5. The second-order valence-electron chi connectivity index (χ2n) is 5.29. The van der Waals surface area contributed by atoms with Gasteiger partial charge >= 0.3 is 0 Å². The standard InChI is InChI=1S/C18H23N/c1-3-5-15-6-4-7-17(12-15)18(19)13-16-10-8-14(2)9-11-16/h4,6-12,18H,3,5,13,19H2,1-2H3. The van der Waals surface area contributed by atoms with E-state index in [1.165, 1.54) is 28.7 Å². The van der Waals surface area contributed by atoms with Crippen molar-refractivity contribution in [3.8, 4) is 0 Å². The van der Waals surface area contributed by atoms with E-state index < -0.39 is 0 Å². The summed E-state index contributed by atoms with van der Waals surface area (Å²) in [5, 5.41) is 0. The first-order valence-electron chi connectivity index (χ1n) is 7.09. The highest BCUT2D eigenvalue weighted by atomic mass is 14.6. The van der Waals surface area contributed by atoms with E-state index in [1.54, 1.807) is 0 Å². The van der Waals surface area contributed by atoms with Crippen LogP contribution in [-0.4, -0.2) is 0 Å². The zero-order valence-corrected chi connectivity index (χ0v) is 11.9. The number of hydrogen-bond donors (Lipinski definition) is 1. The van der Waals surface area contributed by atoms with Gasteiger partial charge in [-0.05, 0) is 36.5 Å². The molecule has 0 amide bonds. The lowest BCUT2D eigenvalue weighted by Gasteiger charge is -2.13. The topological polar surface area (TPSA) is 26.0 Å². The zero-order valence-electron chi connectivity index (χ0n) is 11.9. The first kappa shape index (κ1) is 13.8. The summed E-state index contributed by atoms with van der Waals surface area (Å²) in [6.45, 7) is 4.32. The van der Waals surface area contributed by atoms with Crippen LogP contribution in [0.1, 0.15) is 41.6 Å². The molecule has 0 heterocycles. The third-order valence-corrected chi connectivity index (χ3v) is 3.49. The van der Waals surface area contributed by atoms with Crippen LogP contribution in [0, 0.1) is 6.92 Å². The van der Waals surface area contributed by atoms with Gasteiger partial charge in [-0.1, -0.05) is 67.4 Å². The Labute approximate surface area is 116 Å². The maximum Gasteiger partial charge on any atom is 0.0335 e. The highest BCUT2D eigenvalue weighted by Gasteiger charge is 2.07. The van der Waals surface area contributed by atoms with E-state index in [-0.39, 0.29) is 6.04 Å². The van der Waals surface area contributed by atoms with Gasteiger partial charge in [-0.3, -0.25) is 0 Å². The van der Waals surface area contributed by atoms with Gasteiger partial charge in [0, 0.05) is 6.04 Å². The molecule has 1 nitrogen and oxygen atoms in total. The van der Waals surface area contributed by atoms with Crippen molar-refractivity contribution in [2.45, 2.75) is 39.2 Å². The molecule has 2 aromatic carbocycles. The van der Waals surface area contributed by atoms with Gasteiger partial charge in [-0.2, -0.15) is 0 Å². The number of nitrogens with two attached hydrogens (primary N) is 1.